The monoisotopic (exact) mass is 228 g/mol. The van der Waals surface area contributed by atoms with E-state index >= 15 is 0 Å². The highest BCUT2D eigenvalue weighted by molar-refractivity contribution is 5.28. The maximum absolute atomic E-state index is 9.69. The Bertz CT molecular complexity index is 311. The maximum Gasteiger partial charge on any atom is 0.118 e. The summed E-state index contributed by atoms with van der Waals surface area (Å²) in [5.74, 6) is 0.633. The third-order valence-electron chi connectivity index (χ3n) is 2.36. The molecule has 0 heterocycles. The maximum atomic E-state index is 9.69. The zero-order valence-corrected chi connectivity index (χ0v) is 8.95. The van der Waals surface area contributed by atoms with Gasteiger partial charge in [-0.1, -0.05) is 12.1 Å². The van der Waals surface area contributed by atoms with E-state index in [0.29, 0.717) is 11.3 Å². The zero-order valence-electron chi connectivity index (χ0n) is 8.95. The first-order valence-corrected chi connectivity index (χ1v) is 4.89. The fourth-order valence-corrected chi connectivity index (χ4v) is 1.32. The SMILES string of the molecule is COc1ccc(C(O)C(O)C(O)CO)cc1. The number of aliphatic hydroxyl groups excluding tert-OH is 4. The summed E-state index contributed by atoms with van der Waals surface area (Å²) >= 11 is 0. The molecule has 0 aromatic heterocycles. The molecule has 0 aliphatic rings. The van der Waals surface area contributed by atoms with E-state index in [0.717, 1.165) is 0 Å². The first-order valence-electron chi connectivity index (χ1n) is 4.89. The second-order valence-electron chi connectivity index (χ2n) is 3.46. The van der Waals surface area contributed by atoms with Gasteiger partial charge in [0.1, 0.15) is 24.1 Å². The Labute approximate surface area is 93.5 Å². The fourth-order valence-electron chi connectivity index (χ4n) is 1.32. The summed E-state index contributed by atoms with van der Waals surface area (Å²) in [6.45, 7) is -0.603. The molecule has 0 spiro atoms. The van der Waals surface area contributed by atoms with Crippen molar-refractivity contribution in [2.45, 2.75) is 18.3 Å². The minimum Gasteiger partial charge on any atom is -0.497 e. The van der Waals surface area contributed by atoms with E-state index in [4.69, 9.17) is 9.84 Å². The molecular formula is C11H16O5. The Hall–Kier alpha value is -1.14. The lowest BCUT2D eigenvalue weighted by molar-refractivity contribution is -0.0776. The van der Waals surface area contributed by atoms with Crippen molar-refractivity contribution in [1.29, 1.82) is 0 Å². The van der Waals surface area contributed by atoms with Gasteiger partial charge in [-0.05, 0) is 17.7 Å². The van der Waals surface area contributed by atoms with Gasteiger partial charge in [0, 0.05) is 0 Å². The van der Waals surface area contributed by atoms with Gasteiger partial charge in [-0.3, -0.25) is 0 Å². The average molecular weight is 228 g/mol. The normalized spacial score (nSPS) is 16.6. The molecule has 0 saturated heterocycles. The zero-order chi connectivity index (χ0) is 12.1. The molecule has 5 heteroatoms. The van der Waals surface area contributed by atoms with Crippen molar-refractivity contribution in [2.24, 2.45) is 0 Å². The third-order valence-corrected chi connectivity index (χ3v) is 2.36. The van der Waals surface area contributed by atoms with Gasteiger partial charge in [0.25, 0.3) is 0 Å². The van der Waals surface area contributed by atoms with Crippen LogP contribution in [0, 0.1) is 0 Å². The molecule has 0 aliphatic carbocycles. The predicted octanol–water partition coefficient (Wildman–Crippen LogP) is -0.557. The summed E-state index contributed by atoms with van der Waals surface area (Å²) in [7, 11) is 1.52. The van der Waals surface area contributed by atoms with Gasteiger partial charge in [0.15, 0.2) is 0 Å². The van der Waals surface area contributed by atoms with Crippen LogP contribution in [0.4, 0.5) is 0 Å². The summed E-state index contributed by atoms with van der Waals surface area (Å²) in [5.41, 5.74) is 0.445. The molecule has 0 aliphatic heterocycles. The number of rotatable bonds is 5. The van der Waals surface area contributed by atoms with Crippen LogP contribution in [-0.4, -0.2) is 46.4 Å². The summed E-state index contributed by atoms with van der Waals surface area (Å²) in [6, 6.07) is 6.43. The Morgan fingerprint density at radius 1 is 1.12 bits per heavy atom. The summed E-state index contributed by atoms with van der Waals surface area (Å²) in [4.78, 5) is 0. The molecule has 16 heavy (non-hydrogen) atoms. The van der Waals surface area contributed by atoms with Gasteiger partial charge in [-0.2, -0.15) is 0 Å². The van der Waals surface area contributed by atoms with E-state index in [1.54, 1.807) is 24.3 Å². The number of hydrogen-bond donors (Lipinski definition) is 4. The Balaban J connectivity index is 2.75. The van der Waals surface area contributed by atoms with E-state index in [1.807, 2.05) is 0 Å². The number of ether oxygens (including phenoxy) is 1. The number of methoxy groups -OCH3 is 1. The first kappa shape index (κ1) is 12.9. The van der Waals surface area contributed by atoms with Gasteiger partial charge in [0.2, 0.25) is 0 Å². The van der Waals surface area contributed by atoms with Crippen molar-refractivity contribution in [2.75, 3.05) is 13.7 Å². The molecular weight excluding hydrogens is 212 g/mol. The van der Waals surface area contributed by atoms with E-state index in [2.05, 4.69) is 0 Å². The van der Waals surface area contributed by atoms with Crippen molar-refractivity contribution in [1.82, 2.24) is 0 Å². The highest BCUT2D eigenvalue weighted by Crippen LogP contribution is 2.21. The van der Waals surface area contributed by atoms with Crippen LogP contribution in [0.25, 0.3) is 0 Å². The number of aliphatic hydroxyl groups is 4. The van der Waals surface area contributed by atoms with Crippen LogP contribution in [0.5, 0.6) is 5.75 Å². The quantitative estimate of drug-likeness (QED) is 0.542. The van der Waals surface area contributed by atoms with Crippen molar-refractivity contribution in [3.05, 3.63) is 29.8 Å². The van der Waals surface area contributed by atoms with E-state index < -0.39 is 24.9 Å². The first-order chi connectivity index (χ1) is 7.60. The molecule has 1 rings (SSSR count). The van der Waals surface area contributed by atoms with Crippen LogP contribution < -0.4 is 4.74 Å². The number of benzene rings is 1. The number of hydrogen-bond acceptors (Lipinski definition) is 5. The van der Waals surface area contributed by atoms with Crippen LogP contribution in [0.2, 0.25) is 0 Å². The average Bonchev–Trinajstić information content (AvgIpc) is 2.36. The largest absolute Gasteiger partial charge is 0.497 e. The van der Waals surface area contributed by atoms with Crippen LogP contribution in [-0.2, 0) is 0 Å². The Morgan fingerprint density at radius 3 is 2.12 bits per heavy atom. The molecule has 3 atom stereocenters. The minimum atomic E-state index is -1.42. The molecule has 0 saturated carbocycles. The van der Waals surface area contributed by atoms with Gasteiger partial charge in [-0.15, -0.1) is 0 Å². The van der Waals surface area contributed by atoms with E-state index in [-0.39, 0.29) is 0 Å². The minimum absolute atomic E-state index is 0.445. The summed E-state index contributed by atoms with van der Waals surface area (Å²) < 4.78 is 4.94. The van der Waals surface area contributed by atoms with Gasteiger partial charge in [-0.25, -0.2) is 0 Å². The molecule has 0 fully saturated rings. The molecule has 0 bridgehead atoms. The highest BCUT2D eigenvalue weighted by Gasteiger charge is 2.25. The molecule has 1 aromatic rings. The topological polar surface area (TPSA) is 90.2 Å². The molecule has 4 N–H and O–H groups in total. The molecule has 0 amide bonds. The second kappa shape index (κ2) is 5.81. The smallest absolute Gasteiger partial charge is 0.118 e. The van der Waals surface area contributed by atoms with Crippen LogP contribution in [0.1, 0.15) is 11.7 Å². The predicted molar refractivity (Wildman–Crippen MR) is 57.1 cm³/mol. The van der Waals surface area contributed by atoms with Gasteiger partial charge >= 0.3 is 0 Å². The summed E-state index contributed by atoms with van der Waals surface area (Å²) in [6.07, 6.45) is -4.02. The Kier molecular flexibility index (Phi) is 4.70. The van der Waals surface area contributed by atoms with Crippen molar-refractivity contribution < 1.29 is 25.2 Å². The lowest BCUT2D eigenvalue weighted by Gasteiger charge is -2.21. The van der Waals surface area contributed by atoms with Crippen molar-refractivity contribution >= 4 is 0 Å². The fraction of sp³-hybridized carbons (Fsp3) is 0.455. The van der Waals surface area contributed by atoms with Gasteiger partial charge < -0.3 is 25.2 Å². The molecule has 0 radical (unpaired) electrons. The van der Waals surface area contributed by atoms with Crippen molar-refractivity contribution in [3.8, 4) is 5.75 Å². The van der Waals surface area contributed by atoms with Crippen LogP contribution in [0.3, 0.4) is 0 Å². The molecule has 5 nitrogen and oxygen atoms in total. The highest BCUT2D eigenvalue weighted by atomic mass is 16.5. The second-order valence-corrected chi connectivity index (χ2v) is 3.46. The molecule has 90 valence electrons. The molecule has 1 aromatic carbocycles. The standard InChI is InChI=1S/C11H16O5/c1-16-8-4-2-7(3-5-8)10(14)11(15)9(13)6-12/h2-5,9-15H,6H2,1H3. The Morgan fingerprint density at radius 2 is 1.69 bits per heavy atom. The lowest BCUT2D eigenvalue weighted by atomic mass is 10.0. The molecule has 3 unspecified atom stereocenters. The van der Waals surface area contributed by atoms with Crippen LogP contribution >= 0.6 is 0 Å². The van der Waals surface area contributed by atoms with Gasteiger partial charge in [0.05, 0.1) is 13.7 Å². The van der Waals surface area contributed by atoms with E-state index in [1.165, 1.54) is 7.11 Å². The van der Waals surface area contributed by atoms with Crippen LogP contribution in [0.15, 0.2) is 24.3 Å². The van der Waals surface area contributed by atoms with E-state index in [9.17, 15) is 15.3 Å². The third kappa shape index (κ3) is 2.93. The van der Waals surface area contributed by atoms with Crippen molar-refractivity contribution in [3.63, 3.8) is 0 Å². The summed E-state index contributed by atoms with van der Waals surface area (Å²) in [5, 5.41) is 37.0. The lowest BCUT2D eigenvalue weighted by Crippen LogP contribution is -2.34.